The standard InChI is InChI=1S/C16H10ClF3O/c1-2-11-4-3-5-12(8-11)10-21-15-7-6-13(9-14(15)17)16(18,19)20/h1,3-9H,10H2. The van der Waals surface area contributed by atoms with Crippen LogP contribution in [0.15, 0.2) is 42.5 Å². The highest BCUT2D eigenvalue weighted by Crippen LogP contribution is 2.34. The lowest BCUT2D eigenvalue weighted by Gasteiger charge is -2.11. The van der Waals surface area contributed by atoms with E-state index in [1.807, 2.05) is 0 Å². The molecule has 0 aliphatic carbocycles. The Labute approximate surface area is 125 Å². The van der Waals surface area contributed by atoms with Crippen molar-refractivity contribution >= 4 is 11.6 Å². The van der Waals surface area contributed by atoms with Gasteiger partial charge in [-0.15, -0.1) is 6.42 Å². The molecule has 1 nitrogen and oxygen atoms in total. The molecule has 0 fully saturated rings. The monoisotopic (exact) mass is 310 g/mol. The fourth-order valence-corrected chi connectivity index (χ4v) is 1.94. The molecule has 0 aliphatic rings. The van der Waals surface area contributed by atoms with Crippen LogP contribution in [0.2, 0.25) is 5.02 Å². The van der Waals surface area contributed by atoms with E-state index in [0.717, 1.165) is 17.7 Å². The molecule has 0 unspecified atom stereocenters. The zero-order valence-electron chi connectivity index (χ0n) is 10.7. The fourth-order valence-electron chi connectivity index (χ4n) is 1.71. The largest absolute Gasteiger partial charge is 0.487 e. The van der Waals surface area contributed by atoms with E-state index in [1.54, 1.807) is 24.3 Å². The molecule has 2 aromatic rings. The molecule has 0 amide bonds. The van der Waals surface area contributed by atoms with Crippen LogP contribution in [0.5, 0.6) is 5.75 Å². The topological polar surface area (TPSA) is 9.23 Å². The average molecular weight is 311 g/mol. The predicted octanol–water partition coefficient (Wildman–Crippen LogP) is 4.92. The number of halogens is 4. The molecule has 0 saturated carbocycles. The molecule has 2 rings (SSSR count). The highest BCUT2D eigenvalue weighted by Gasteiger charge is 2.31. The zero-order valence-corrected chi connectivity index (χ0v) is 11.5. The van der Waals surface area contributed by atoms with Crippen LogP contribution < -0.4 is 4.74 Å². The summed E-state index contributed by atoms with van der Waals surface area (Å²) in [5.74, 6) is 2.68. The van der Waals surface area contributed by atoms with Crippen LogP contribution in [0.4, 0.5) is 13.2 Å². The van der Waals surface area contributed by atoms with Gasteiger partial charge in [0.1, 0.15) is 12.4 Å². The Bertz CT molecular complexity index is 687. The van der Waals surface area contributed by atoms with E-state index in [4.69, 9.17) is 22.8 Å². The molecule has 0 bridgehead atoms. The summed E-state index contributed by atoms with van der Waals surface area (Å²) in [6, 6.07) is 10.1. The maximum Gasteiger partial charge on any atom is 0.416 e. The maximum absolute atomic E-state index is 12.5. The lowest BCUT2D eigenvalue weighted by molar-refractivity contribution is -0.137. The summed E-state index contributed by atoms with van der Waals surface area (Å²) in [5, 5.41) is -0.0853. The summed E-state index contributed by atoms with van der Waals surface area (Å²) in [5.41, 5.74) is 0.699. The molecule has 0 atom stereocenters. The Morgan fingerprint density at radius 2 is 1.90 bits per heavy atom. The van der Waals surface area contributed by atoms with Gasteiger partial charge in [-0.1, -0.05) is 29.7 Å². The molecular weight excluding hydrogens is 301 g/mol. The summed E-state index contributed by atoms with van der Waals surface area (Å²) in [6.07, 6.45) is 0.862. The van der Waals surface area contributed by atoms with Gasteiger partial charge in [0, 0.05) is 5.56 Å². The lowest BCUT2D eigenvalue weighted by atomic mass is 10.1. The molecule has 0 heterocycles. The molecular formula is C16H10ClF3O. The van der Waals surface area contributed by atoms with Crippen LogP contribution in [0, 0.1) is 12.3 Å². The number of hydrogen-bond acceptors (Lipinski definition) is 1. The Hall–Kier alpha value is -2.12. The second kappa shape index (κ2) is 6.11. The average Bonchev–Trinajstić information content (AvgIpc) is 2.45. The van der Waals surface area contributed by atoms with Gasteiger partial charge in [0.25, 0.3) is 0 Å². The van der Waals surface area contributed by atoms with E-state index in [2.05, 4.69) is 5.92 Å². The first-order valence-electron chi connectivity index (χ1n) is 5.95. The fraction of sp³-hybridized carbons (Fsp3) is 0.125. The van der Waals surface area contributed by atoms with E-state index in [-0.39, 0.29) is 17.4 Å². The van der Waals surface area contributed by atoms with Crippen LogP contribution in [0.25, 0.3) is 0 Å². The first-order chi connectivity index (χ1) is 9.90. The number of benzene rings is 2. The van der Waals surface area contributed by atoms with Gasteiger partial charge in [0.2, 0.25) is 0 Å². The van der Waals surface area contributed by atoms with Crippen LogP contribution in [0.3, 0.4) is 0 Å². The molecule has 2 aromatic carbocycles. The van der Waals surface area contributed by atoms with Crippen molar-refractivity contribution in [2.45, 2.75) is 12.8 Å². The second-order valence-electron chi connectivity index (χ2n) is 4.28. The van der Waals surface area contributed by atoms with E-state index in [9.17, 15) is 13.2 Å². The molecule has 0 radical (unpaired) electrons. The van der Waals surface area contributed by atoms with Gasteiger partial charge in [0.15, 0.2) is 0 Å². The number of ether oxygens (including phenoxy) is 1. The zero-order chi connectivity index (χ0) is 15.5. The number of hydrogen-bond donors (Lipinski definition) is 0. The maximum atomic E-state index is 12.5. The van der Waals surface area contributed by atoms with Crippen LogP contribution in [0.1, 0.15) is 16.7 Å². The van der Waals surface area contributed by atoms with Crippen molar-refractivity contribution in [3.05, 3.63) is 64.2 Å². The quantitative estimate of drug-likeness (QED) is 0.731. The van der Waals surface area contributed by atoms with Crippen LogP contribution in [-0.4, -0.2) is 0 Å². The van der Waals surface area contributed by atoms with Crippen molar-refractivity contribution in [2.75, 3.05) is 0 Å². The van der Waals surface area contributed by atoms with Crippen molar-refractivity contribution in [2.24, 2.45) is 0 Å². The highest BCUT2D eigenvalue weighted by atomic mass is 35.5. The van der Waals surface area contributed by atoms with Gasteiger partial charge in [-0.2, -0.15) is 13.2 Å². The highest BCUT2D eigenvalue weighted by molar-refractivity contribution is 6.32. The van der Waals surface area contributed by atoms with Gasteiger partial charge < -0.3 is 4.74 Å². The third kappa shape index (κ3) is 3.93. The van der Waals surface area contributed by atoms with Crippen molar-refractivity contribution in [1.82, 2.24) is 0 Å². The summed E-state index contributed by atoms with van der Waals surface area (Å²) in [4.78, 5) is 0. The SMILES string of the molecule is C#Cc1cccc(COc2ccc(C(F)(F)F)cc2Cl)c1. The van der Waals surface area contributed by atoms with Gasteiger partial charge in [-0.3, -0.25) is 0 Å². The van der Waals surface area contributed by atoms with Gasteiger partial charge in [-0.05, 0) is 35.9 Å². The summed E-state index contributed by atoms with van der Waals surface area (Å²) in [7, 11) is 0. The first kappa shape index (κ1) is 15.3. The minimum Gasteiger partial charge on any atom is -0.487 e. The number of terminal acetylenes is 1. The molecule has 108 valence electrons. The first-order valence-corrected chi connectivity index (χ1v) is 6.33. The lowest BCUT2D eigenvalue weighted by Crippen LogP contribution is -2.05. The van der Waals surface area contributed by atoms with Crippen molar-refractivity contribution in [3.63, 3.8) is 0 Å². The third-order valence-electron chi connectivity index (χ3n) is 2.75. The summed E-state index contributed by atoms with van der Waals surface area (Å²) in [6.45, 7) is 0.167. The molecule has 0 aliphatic heterocycles. The molecule has 0 spiro atoms. The van der Waals surface area contributed by atoms with Crippen LogP contribution in [-0.2, 0) is 12.8 Å². The van der Waals surface area contributed by atoms with Crippen molar-refractivity contribution in [1.29, 1.82) is 0 Å². The Balaban J connectivity index is 2.12. The summed E-state index contributed by atoms with van der Waals surface area (Å²) < 4.78 is 43.0. The Morgan fingerprint density at radius 1 is 1.14 bits per heavy atom. The number of rotatable bonds is 3. The van der Waals surface area contributed by atoms with Crippen LogP contribution >= 0.6 is 11.6 Å². The number of alkyl halides is 3. The molecule has 21 heavy (non-hydrogen) atoms. The van der Waals surface area contributed by atoms with Crippen molar-refractivity contribution in [3.8, 4) is 18.1 Å². The second-order valence-corrected chi connectivity index (χ2v) is 4.68. The van der Waals surface area contributed by atoms with Gasteiger partial charge in [0.05, 0.1) is 10.6 Å². The molecule has 0 aromatic heterocycles. The molecule has 0 N–H and O–H groups in total. The Morgan fingerprint density at radius 3 is 2.52 bits per heavy atom. The normalized spacial score (nSPS) is 11.0. The van der Waals surface area contributed by atoms with Crippen molar-refractivity contribution < 1.29 is 17.9 Å². The molecule has 5 heteroatoms. The van der Waals surface area contributed by atoms with E-state index < -0.39 is 11.7 Å². The van der Waals surface area contributed by atoms with E-state index in [0.29, 0.717) is 5.56 Å². The molecule has 0 saturated heterocycles. The minimum absolute atomic E-state index is 0.0853. The predicted molar refractivity (Wildman–Crippen MR) is 75.2 cm³/mol. The Kier molecular flexibility index (Phi) is 4.44. The van der Waals surface area contributed by atoms with Gasteiger partial charge >= 0.3 is 6.18 Å². The third-order valence-corrected chi connectivity index (χ3v) is 3.04. The smallest absolute Gasteiger partial charge is 0.416 e. The minimum atomic E-state index is -4.43. The van der Waals surface area contributed by atoms with E-state index >= 15 is 0 Å². The van der Waals surface area contributed by atoms with Gasteiger partial charge in [-0.25, -0.2) is 0 Å². The summed E-state index contributed by atoms with van der Waals surface area (Å²) >= 11 is 5.80. The van der Waals surface area contributed by atoms with E-state index in [1.165, 1.54) is 6.07 Å².